The molecule has 0 bridgehead atoms. The van der Waals surface area contributed by atoms with E-state index in [1.807, 2.05) is 41.0 Å². The molecule has 0 saturated carbocycles. The van der Waals surface area contributed by atoms with Gasteiger partial charge >= 0.3 is 5.63 Å². The average Bonchev–Trinajstić information content (AvgIpc) is 3.34. The Bertz CT molecular complexity index is 1580. The molecule has 0 fully saturated rings. The molecule has 0 radical (unpaired) electrons. The number of nitrogens with zero attached hydrogens (tertiary/aromatic N) is 4. The van der Waals surface area contributed by atoms with Gasteiger partial charge in [-0.15, -0.1) is 21.6 Å². The number of fused-ring (bicyclic) bond motifs is 2. The van der Waals surface area contributed by atoms with Crippen molar-refractivity contribution in [3.8, 4) is 17.1 Å². The molecule has 5 rings (SSSR count). The Hall–Kier alpha value is -3.30. The van der Waals surface area contributed by atoms with E-state index >= 15 is 0 Å². The second kappa shape index (κ2) is 8.57. The van der Waals surface area contributed by atoms with Crippen LogP contribution < -0.4 is 5.63 Å². The largest absolute Gasteiger partial charge is 0.493 e. The number of azo groups is 1. The molecule has 33 heavy (non-hydrogen) atoms. The minimum atomic E-state index is -0.457. The minimum absolute atomic E-state index is 0.0625. The molecule has 1 N–H and O–H groups in total. The van der Waals surface area contributed by atoms with Crippen molar-refractivity contribution in [1.82, 2.24) is 9.55 Å². The fraction of sp³-hybridized carbons (Fsp3) is 0.167. The van der Waals surface area contributed by atoms with E-state index in [2.05, 4.69) is 45.0 Å². The van der Waals surface area contributed by atoms with Crippen molar-refractivity contribution < 1.29 is 9.52 Å². The van der Waals surface area contributed by atoms with Crippen LogP contribution in [0.1, 0.15) is 13.8 Å². The van der Waals surface area contributed by atoms with Gasteiger partial charge in [0.2, 0.25) is 11.0 Å². The highest BCUT2D eigenvalue weighted by atomic mass is 79.9. The van der Waals surface area contributed by atoms with E-state index in [1.165, 1.54) is 11.3 Å². The molecule has 166 valence electrons. The average molecular weight is 523 g/mol. The lowest BCUT2D eigenvalue weighted by molar-refractivity contribution is 0.401. The van der Waals surface area contributed by atoms with E-state index in [4.69, 9.17) is 4.42 Å². The number of halogens is 1. The lowest BCUT2D eigenvalue weighted by atomic mass is 10.1. The Morgan fingerprint density at radius 3 is 2.82 bits per heavy atom. The molecule has 9 heteroatoms. The molecule has 0 aliphatic carbocycles. The molecule has 3 heterocycles. The fourth-order valence-corrected chi connectivity index (χ4v) is 4.71. The van der Waals surface area contributed by atoms with Gasteiger partial charge in [0, 0.05) is 27.2 Å². The normalized spacial score (nSPS) is 12.0. The maximum Gasteiger partial charge on any atom is 0.345 e. The smallest absolute Gasteiger partial charge is 0.345 e. The Morgan fingerprint density at radius 1 is 1.18 bits per heavy atom. The minimum Gasteiger partial charge on any atom is -0.493 e. The summed E-state index contributed by atoms with van der Waals surface area (Å²) < 4.78 is 8.13. The molecule has 0 atom stereocenters. The third kappa shape index (κ3) is 4.09. The van der Waals surface area contributed by atoms with Gasteiger partial charge in [-0.2, -0.15) is 0 Å². The maximum atomic E-state index is 12.4. The summed E-state index contributed by atoms with van der Waals surface area (Å²) in [6.45, 7) is 4.83. The highest BCUT2D eigenvalue weighted by molar-refractivity contribution is 9.10. The molecule has 7 nitrogen and oxygen atoms in total. The molecule has 0 spiro atoms. The van der Waals surface area contributed by atoms with Crippen LogP contribution in [0, 0.1) is 5.92 Å². The maximum absolute atomic E-state index is 12.4. The van der Waals surface area contributed by atoms with Crippen LogP contribution >= 0.6 is 27.3 Å². The van der Waals surface area contributed by atoms with Crippen LogP contribution in [0.4, 0.5) is 10.8 Å². The summed E-state index contributed by atoms with van der Waals surface area (Å²) in [6, 6.07) is 14.9. The van der Waals surface area contributed by atoms with Gasteiger partial charge in [-0.05, 0) is 36.2 Å². The standard InChI is InChI=1S/C24H19BrN4O3S/c1-13(2)11-29-19-8-7-15(25)10-17(19)21(22(29)30)27-28-24-26-18(12-33-24)16-9-14-5-3-4-6-20(14)32-23(16)31/h3-10,12-13,30H,11H2,1-2H3. The summed E-state index contributed by atoms with van der Waals surface area (Å²) in [4.78, 5) is 16.9. The van der Waals surface area contributed by atoms with Crippen LogP contribution in [-0.2, 0) is 6.54 Å². The monoisotopic (exact) mass is 522 g/mol. The number of benzene rings is 2. The van der Waals surface area contributed by atoms with Crippen LogP contribution in [0.5, 0.6) is 5.88 Å². The van der Waals surface area contributed by atoms with Gasteiger partial charge in [-0.1, -0.05) is 48.0 Å². The molecular formula is C24H19BrN4O3S. The van der Waals surface area contributed by atoms with E-state index in [1.54, 1.807) is 17.5 Å². The highest BCUT2D eigenvalue weighted by Gasteiger charge is 2.18. The summed E-state index contributed by atoms with van der Waals surface area (Å²) in [6.07, 6.45) is 0. The molecule has 0 saturated heterocycles. The van der Waals surface area contributed by atoms with Crippen LogP contribution in [-0.4, -0.2) is 14.7 Å². The number of aromatic nitrogens is 2. The van der Waals surface area contributed by atoms with Gasteiger partial charge < -0.3 is 14.1 Å². The Morgan fingerprint density at radius 2 is 2.00 bits per heavy atom. The third-order valence-corrected chi connectivity index (χ3v) is 6.38. The lowest BCUT2D eigenvalue weighted by Gasteiger charge is -2.09. The summed E-state index contributed by atoms with van der Waals surface area (Å²) in [5, 5.41) is 23.2. The van der Waals surface area contributed by atoms with Crippen molar-refractivity contribution >= 4 is 60.0 Å². The van der Waals surface area contributed by atoms with Crippen molar-refractivity contribution in [2.75, 3.05) is 0 Å². The first-order valence-electron chi connectivity index (χ1n) is 10.3. The van der Waals surface area contributed by atoms with E-state index in [-0.39, 0.29) is 5.88 Å². The number of aromatic hydroxyl groups is 1. The van der Waals surface area contributed by atoms with Crippen molar-refractivity contribution in [2.45, 2.75) is 20.4 Å². The van der Waals surface area contributed by atoms with E-state index < -0.39 is 5.63 Å². The number of hydrogen-bond acceptors (Lipinski definition) is 7. The predicted molar refractivity (Wildman–Crippen MR) is 134 cm³/mol. The van der Waals surface area contributed by atoms with E-state index in [0.717, 1.165) is 20.8 Å². The van der Waals surface area contributed by atoms with E-state index in [9.17, 15) is 9.90 Å². The summed E-state index contributed by atoms with van der Waals surface area (Å²) in [5.74, 6) is 0.405. The number of hydrogen-bond donors (Lipinski definition) is 1. The first-order valence-corrected chi connectivity index (χ1v) is 12.0. The van der Waals surface area contributed by atoms with Crippen molar-refractivity contribution in [1.29, 1.82) is 0 Å². The Balaban J connectivity index is 1.53. The van der Waals surface area contributed by atoms with Crippen LogP contribution in [0.25, 0.3) is 33.1 Å². The zero-order valence-corrected chi connectivity index (χ0v) is 20.2. The molecule has 5 aromatic rings. The predicted octanol–water partition coefficient (Wildman–Crippen LogP) is 7.41. The van der Waals surface area contributed by atoms with Crippen molar-refractivity contribution in [3.63, 3.8) is 0 Å². The first kappa shape index (κ1) is 21.5. The fourth-order valence-electron chi connectivity index (χ4n) is 3.71. The second-order valence-corrected chi connectivity index (χ2v) is 9.79. The first-order chi connectivity index (χ1) is 15.9. The summed E-state index contributed by atoms with van der Waals surface area (Å²) in [5.41, 5.74) is 2.18. The van der Waals surface area contributed by atoms with Crippen molar-refractivity contribution in [2.24, 2.45) is 16.1 Å². The zero-order chi connectivity index (χ0) is 23.1. The topological polar surface area (TPSA) is 93.0 Å². The Kier molecular flexibility index (Phi) is 5.59. The number of thiazole rings is 1. The van der Waals surface area contributed by atoms with Gasteiger partial charge in [-0.25, -0.2) is 9.78 Å². The number of para-hydroxylation sites is 1. The van der Waals surface area contributed by atoms with Gasteiger partial charge in [0.1, 0.15) is 5.58 Å². The van der Waals surface area contributed by atoms with Gasteiger partial charge in [-0.3, -0.25) is 0 Å². The SMILES string of the molecule is CC(C)Cn1c(O)c(N=Nc2nc(-c3cc4ccccc4oc3=O)cs2)c2cc(Br)ccc21. The van der Waals surface area contributed by atoms with Crippen LogP contribution in [0.2, 0.25) is 0 Å². The summed E-state index contributed by atoms with van der Waals surface area (Å²) in [7, 11) is 0. The molecule has 2 aromatic carbocycles. The lowest BCUT2D eigenvalue weighted by Crippen LogP contribution is -2.03. The number of rotatable bonds is 5. The molecule has 3 aromatic heterocycles. The second-order valence-electron chi connectivity index (χ2n) is 8.04. The van der Waals surface area contributed by atoms with E-state index in [0.29, 0.717) is 40.1 Å². The van der Waals surface area contributed by atoms with Crippen LogP contribution in [0.15, 0.2) is 77.8 Å². The molecule has 0 aliphatic heterocycles. The molecular weight excluding hydrogens is 504 g/mol. The molecule has 0 amide bonds. The molecule has 0 aliphatic rings. The van der Waals surface area contributed by atoms with Crippen LogP contribution in [0.3, 0.4) is 0 Å². The zero-order valence-electron chi connectivity index (χ0n) is 17.8. The van der Waals surface area contributed by atoms with Gasteiger partial charge in [0.05, 0.1) is 16.8 Å². The Labute approximate surface area is 201 Å². The van der Waals surface area contributed by atoms with Crippen molar-refractivity contribution in [3.05, 3.63) is 68.8 Å². The van der Waals surface area contributed by atoms with Gasteiger partial charge in [0.15, 0.2) is 5.69 Å². The quantitative estimate of drug-likeness (QED) is 0.192. The third-order valence-electron chi connectivity index (χ3n) is 5.16. The van der Waals surface area contributed by atoms with Gasteiger partial charge in [0.25, 0.3) is 0 Å². The summed E-state index contributed by atoms with van der Waals surface area (Å²) >= 11 is 4.75. The molecule has 0 unspecified atom stereocenters. The highest BCUT2D eigenvalue weighted by Crippen LogP contribution is 2.41.